The van der Waals surface area contributed by atoms with Crippen LogP contribution in [0.3, 0.4) is 0 Å². The van der Waals surface area contributed by atoms with E-state index in [1.807, 2.05) is 30.3 Å². The Balaban J connectivity index is 1.70. The van der Waals surface area contributed by atoms with E-state index in [-0.39, 0.29) is 18.3 Å². The molecule has 1 saturated heterocycles. The number of amides is 1. The first kappa shape index (κ1) is 24.6. The number of benzene rings is 3. The number of rotatable bonds is 7. The molecular weight excluding hydrogens is 443 g/mol. The Bertz CT molecular complexity index is 1250. The summed E-state index contributed by atoms with van der Waals surface area (Å²) >= 11 is 0. The van der Waals surface area contributed by atoms with Crippen molar-refractivity contribution in [1.82, 2.24) is 14.7 Å². The van der Waals surface area contributed by atoms with Gasteiger partial charge in [0, 0.05) is 38.3 Å². The van der Waals surface area contributed by atoms with Crippen LogP contribution in [0.5, 0.6) is 5.75 Å². The Kier molecular flexibility index (Phi) is 7.34. The van der Waals surface area contributed by atoms with E-state index in [4.69, 9.17) is 4.74 Å². The second-order valence-corrected chi connectivity index (χ2v) is 9.32. The number of hydrogen-bond acceptors (Lipinski definition) is 5. The molecule has 3 aromatic rings. The van der Waals surface area contributed by atoms with Crippen molar-refractivity contribution in [2.45, 2.75) is 25.0 Å². The Morgan fingerprint density at radius 1 is 1.20 bits per heavy atom. The number of nitrogens with zero attached hydrogens (tertiary/aromatic N) is 4. The van der Waals surface area contributed by atoms with Gasteiger partial charge in [-0.1, -0.05) is 36.4 Å². The van der Waals surface area contributed by atoms with Gasteiger partial charge >= 0.3 is 0 Å². The first-order chi connectivity index (χ1) is 16.8. The van der Waals surface area contributed by atoms with Crippen molar-refractivity contribution in [2.75, 3.05) is 41.3 Å². The number of halogens is 1. The van der Waals surface area contributed by atoms with Crippen molar-refractivity contribution in [3.63, 3.8) is 0 Å². The molecule has 1 aliphatic heterocycles. The lowest BCUT2D eigenvalue weighted by Gasteiger charge is -2.32. The highest BCUT2D eigenvalue weighted by atomic mass is 19.1. The van der Waals surface area contributed by atoms with Gasteiger partial charge < -0.3 is 14.5 Å². The topological polar surface area (TPSA) is 59.8 Å². The molecule has 0 aromatic heterocycles. The van der Waals surface area contributed by atoms with Crippen molar-refractivity contribution >= 4 is 16.7 Å². The second-order valence-electron chi connectivity index (χ2n) is 9.32. The monoisotopic (exact) mass is 474 g/mol. The van der Waals surface area contributed by atoms with Crippen LogP contribution in [-0.4, -0.2) is 68.0 Å². The maximum atomic E-state index is 14.0. The summed E-state index contributed by atoms with van der Waals surface area (Å²) in [6.45, 7) is 1.81. The molecule has 1 heterocycles. The van der Waals surface area contributed by atoms with Crippen LogP contribution in [0.1, 0.15) is 29.2 Å². The first-order valence-electron chi connectivity index (χ1n) is 11.7. The molecule has 0 saturated carbocycles. The van der Waals surface area contributed by atoms with Gasteiger partial charge in [-0.05, 0) is 55.1 Å². The summed E-state index contributed by atoms with van der Waals surface area (Å²) in [4.78, 5) is 20.0. The smallest absolute Gasteiger partial charge is 0.244 e. The van der Waals surface area contributed by atoms with Crippen LogP contribution in [-0.2, 0) is 11.3 Å². The standard InChI is InChI=1S/C28H31FN4O2/c1-31(2)23-13-14-33(17-23)26(19-9-11-22(29)12-10-19)28(34)32(3)18-25-24-8-6-5-7-20(24)15-21(16-30)27(25)35-4/h5-12,15,23,26H,13-14,17-18H2,1-4H3/t23-,26?/m1/s1. The molecule has 1 fully saturated rings. The predicted octanol–water partition coefficient (Wildman–Crippen LogP) is 4.19. The quantitative estimate of drug-likeness (QED) is 0.514. The van der Waals surface area contributed by atoms with E-state index in [0.717, 1.165) is 41.4 Å². The van der Waals surface area contributed by atoms with Gasteiger partial charge in [0.15, 0.2) is 0 Å². The molecule has 7 heteroatoms. The van der Waals surface area contributed by atoms with Crippen molar-refractivity contribution in [2.24, 2.45) is 0 Å². The van der Waals surface area contributed by atoms with E-state index in [9.17, 15) is 14.4 Å². The maximum absolute atomic E-state index is 14.0. The fraction of sp³-hybridized carbons (Fsp3) is 0.357. The highest BCUT2D eigenvalue weighted by Gasteiger charge is 2.36. The van der Waals surface area contributed by atoms with E-state index in [1.165, 1.54) is 12.1 Å². The Morgan fingerprint density at radius 2 is 1.91 bits per heavy atom. The number of fused-ring (bicyclic) bond motifs is 1. The molecule has 0 bridgehead atoms. The van der Waals surface area contributed by atoms with E-state index < -0.39 is 6.04 Å². The molecule has 0 radical (unpaired) electrons. The van der Waals surface area contributed by atoms with Gasteiger partial charge in [-0.15, -0.1) is 0 Å². The minimum Gasteiger partial charge on any atom is -0.495 e. The zero-order valence-corrected chi connectivity index (χ0v) is 20.7. The average Bonchev–Trinajstić information content (AvgIpc) is 3.35. The molecule has 1 amide bonds. The third-order valence-corrected chi connectivity index (χ3v) is 6.91. The number of carbonyl (C=O) groups is 1. The van der Waals surface area contributed by atoms with Gasteiger partial charge in [-0.3, -0.25) is 9.69 Å². The molecular formula is C28H31FN4O2. The molecule has 1 aliphatic rings. The number of methoxy groups -OCH3 is 1. The van der Waals surface area contributed by atoms with E-state index in [0.29, 0.717) is 17.4 Å². The van der Waals surface area contributed by atoms with Gasteiger partial charge in [0.1, 0.15) is 23.7 Å². The molecule has 35 heavy (non-hydrogen) atoms. The van der Waals surface area contributed by atoms with Crippen LogP contribution >= 0.6 is 0 Å². The zero-order chi connectivity index (χ0) is 25.1. The highest BCUT2D eigenvalue weighted by molar-refractivity contribution is 5.91. The number of likely N-dealkylation sites (tertiary alicyclic amines) is 1. The van der Waals surface area contributed by atoms with Crippen LogP contribution < -0.4 is 4.74 Å². The Labute approximate surface area is 206 Å². The van der Waals surface area contributed by atoms with Gasteiger partial charge in [-0.2, -0.15) is 5.26 Å². The third kappa shape index (κ3) is 5.00. The molecule has 0 N–H and O–H groups in total. The van der Waals surface area contributed by atoms with Crippen molar-refractivity contribution < 1.29 is 13.9 Å². The first-order valence-corrected chi connectivity index (χ1v) is 11.7. The highest BCUT2D eigenvalue weighted by Crippen LogP contribution is 2.34. The third-order valence-electron chi connectivity index (χ3n) is 6.91. The molecule has 3 aromatic carbocycles. The normalized spacial score (nSPS) is 16.9. The Hall–Kier alpha value is -3.47. The second kappa shape index (κ2) is 10.4. The van der Waals surface area contributed by atoms with Gasteiger partial charge in [-0.25, -0.2) is 4.39 Å². The summed E-state index contributed by atoms with van der Waals surface area (Å²) in [6, 6.07) is 17.9. The summed E-state index contributed by atoms with van der Waals surface area (Å²) in [5, 5.41) is 11.6. The largest absolute Gasteiger partial charge is 0.495 e. The molecule has 0 aliphatic carbocycles. The van der Waals surface area contributed by atoms with Gasteiger partial charge in [0.25, 0.3) is 0 Å². The van der Waals surface area contributed by atoms with Crippen molar-refractivity contribution in [1.29, 1.82) is 5.26 Å². The minimum absolute atomic E-state index is 0.0792. The summed E-state index contributed by atoms with van der Waals surface area (Å²) in [5.74, 6) is 0.0768. The fourth-order valence-electron chi connectivity index (χ4n) is 4.98. The van der Waals surface area contributed by atoms with Gasteiger partial charge in [0.2, 0.25) is 5.91 Å². The lowest BCUT2D eigenvalue weighted by Crippen LogP contribution is -2.41. The molecule has 182 valence electrons. The predicted molar refractivity (Wildman–Crippen MR) is 134 cm³/mol. The van der Waals surface area contributed by atoms with E-state index in [1.54, 1.807) is 31.2 Å². The van der Waals surface area contributed by atoms with E-state index in [2.05, 4.69) is 30.0 Å². The zero-order valence-electron chi connectivity index (χ0n) is 20.7. The lowest BCUT2D eigenvalue weighted by molar-refractivity contribution is -0.136. The fourth-order valence-corrected chi connectivity index (χ4v) is 4.98. The van der Waals surface area contributed by atoms with Crippen molar-refractivity contribution in [3.8, 4) is 11.8 Å². The van der Waals surface area contributed by atoms with Crippen LogP contribution in [0.4, 0.5) is 4.39 Å². The summed E-state index contributed by atoms with van der Waals surface area (Å²) < 4.78 is 19.3. The SMILES string of the molecule is COc1c(C#N)cc2ccccc2c1CN(C)C(=O)C(c1ccc(F)cc1)N1CC[C@@H](N(C)C)C1. The number of hydrogen-bond donors (Lipinski definition) is 0. The average molecular weight is 475 g/mol. The molecule has 2 atom stereocenters. The number of ether oxygens (including phenoxy) is 1. The van der Waals surface area contributed by atoms with Crippen molar-refractivity contribution in [3.05, 3.63) is 77.1 Å². The van der Waals surface area contributed by atoms with Crippen LogP contribution in [0, 0.1) is 17.1 Å². The summed E-state index contributed by atoms with van der Waals surface area (Å²) in [7, 11) is 7.41. The molecule has 1 unspecified atom stereocenters. The summed E-state index contributed by atoms with van der Waals surface area (Å²) in [5.41, 5.74) is 2.00. The van der Waals surface area contributed by atoms with Gasteiger partial charge in [0.05, 0.1) is 12.7 Å². The van der Waals surface area contributed by atoms with Crippen LogP contribution in [0.25, 0.3) is 10.8 Å². The minimum atomic E-state index is -0.526. The maximum Gasteiger partial charge on any atom is 0.244 e. The Morgan fingerprint density at radius 3 is 2.54 bits per heavy atom. The van der Waals surface area contributed by atoms with Crippen LogP contribution in [0.2, 0.25) is 0 Å². The summed E-state index contributed by atoms with van der Waals surface area (Å²) in [6.07, 6.45) is 0.963. The van der Waals surface area contributed by atoms with E-state index >= 15 is 0 Å². The number of nitriles is 1. The lowest BCUT2D eigenvalue weighted by atomic mass is 9.98. The molecule has 4 rings (SSSR count). The number of likely N-dealkylation sites (N-methyl/N-ethyl adjacent to an activating group) is 2. The molecule has 0 spiro atoms. The number of carbonyl (C=O) groups excluding carboxylic acids is 1. The van der Waals surface area contributed by atoms with Crippen LogP contribution in [0.15, 0.2) is 54.6 Å². The molecule has 6 nitrogen and oxygen atoms in total.